The lowest BCUT2D eigenvalue weighted by Crippen LogP contribution is -2.28. The molecule has 48 heavy (non-hydrogen) atoms. The van der Waals surface area contributed by atoms with Gasteiger partial charge in [0.15, 0.2) is 5.71 Å². The van der Waals surface area contributed by atoms with Crippen LogP contribution in [0.3, 0.4) is 0 Å². The van der Waals surface area contributed by atoms with Crippen molar-refractivity contribution in [3.8, 4) is 5.75 Å². The normalized spacial score (nSPS) is 18.1. The number of carboxylic acids is 1. The maximum atomic E-state index is 11.0. The summed E-state index contributed by atoms with van der Waals surface area (Å²) in [5, 5.41) is 9.01. The molecular weight excluding hydrogens is 625 g/mol. The smallest absolute Gasteiger partial charge is 0.303 e. The Morgan fingerprint density at radius 2 is 1.69 bits per heavy atom. The minimum absolute atomic E-state index is 0.152. The molecule has 2 aromatic carbocycles. The van der Waals surface area contributed by atoms with Gasteiger partial charge in [0.05, 0.1) is 30.5 Å². The molecule has 0 aromatic heterocycles. The SMILES string of the molecule is COc1ccc2c(c1)C(C)(C)C(C=CC=CC=CC=C1N(CCCCCC(=O)O)c3ccc(C)cc3C1(C)C)=[N+]2CCCCOS(=O)[O-]. The van der Waals surface area contributed by atoms with Gasteiger partial charge in [-0.05, 0) is 69.9 Å². The van der Waals surface area contributed by atoms with Crippen LogP contribution in [0.15, 0.2) is 84.6 Å². The fourth-order valence-electron chi connectivity index (χ4n) is 6.76. The van der Waals surface area contributed by atoms with Crippen molar-refractivity contribution < 1.29 is 32.2 Å². The summed E-state index contributed by atoms with van der Waals surface area (Å²) >= 11 is -2.49. The molecule has 0 fully saturated rings. The van der Waals surface area contributed by atoms with E-state index in [1.165, 1.54) is 28.1 Å². The Labute approximate surface area is 288 Å². The van der Waals surface area contributed by atoms with Crippen LogP contribution in [0, 0.1) is 6.92 Å². The van der Waals surface area contributed by atoms with Crippen LogP contribution in [0.4, 0.5) is 11.4 Å². The van der Waals surface area contributed by atoms with Gasteiger partial charge in [-0.2, -0.15) is 4.58 Å². The third kappa shape index (κ3) is 8.81. The minimum atomic E-state index is -2.49. The van der Waals surface area contributed by atoms with Crippen molar-refractivity contribution in [1.29, 1.82) is 0 Å². The van der Waals surface area contributed by atoms with Gasteiger partial charge in [0.25, 0.3) is 0 Å². The highest BCUT2D eigenvalue weighted by Gasteiger charge is 2.44. The number of aryl methyl sites for hydroxylation is 1. The number of allylic oxidation sites excluding steroid dienone is 8. The first-order valence-corrected chi connectivity index (χ1v) is 17.8. The molecule has 0 amide bonds. The van der Waals surface area contributed by atoms with E-state index in [2.05, 4.69) is 105 Å². The molecule has 2 heterocycles. The molecule has 2 aliphatic heterocycles. The van der Waals surface area contributed by atoms with Crippen LogP contribution in [0.2, 0.25) is 0 Å². The predicted octanol–water partition coefficient (Wildman–Crippen LogP) is 7.97. The van der Waals surface area contributed by atoms with Gasteiger partial charge in [-0.25, -0.2) is 4.21 Å². The van der Waals surface area contributed by atoms with Crippen LogP contribution in [0.25, 0.3) is 0 Å². The van der Waals surface area contributed by atoms with E-state index in [1.54, 1.807) is 7.11 Å². The Morgan fingerprint density at radius 1 is 0.938 bits per heavy atom. The molecule has 0 radical (unpaired) electrons. The highest BCUT2D eigenvalue weighted by molar-refractivity contribution is 7.74. The number of hydrogen-bond acceptors (Lipinski definition) is 6. The topological polar surface area (TPSA) is 102 Å². The second-order valence-corrected chi connectivity index (χ2v) is 14.1. The van der Waals surface area contributed by atoms with Crippen molar-refractivity contribution in [3.05, 3.63) is 101 Å². The van der Waals surface area contributed by atoms with Gasteiger partial charge in [0.1, 0.15) is 12.3 Å². The first kappa shape index (κ1) is 37.0. The van der Waals surface area contributed by atoms with Gasteiger partial charge in [-0.15, -0.1) is 0 Å². The van der Waals surface area contributed by atoms with E-state index in [1.807, 2.05) is 18.2 Å². The molecule has 1 unspecified atom stereocenters. The number of ether oxygens (including phenoxy) is 1. The molecule has 0 bridgehead atoms. The van der Waals surface area contributed by atoms with Crippen molar-refractivity contribution >= 4 is 34.4 Å². The van der Waals surface area contributed by atoms with Crippen LogP contribution in [0.5, 0.6) is 5.75 Å². The highest BCUT2D eigenvalue weighted by atomic mass is 32.2. The molecule has 2 aromatic rings. The molecule has 0 saturated carbocycles. The summed E-state index contributed by atoms with van der Waals surface area (Å²) in [6.07, 6.45) is 18.8. The first-order chi connectivity index (χ1) is 22.9. The number of carbonyl (C=O) groups is 1. The lowest BCUT2D eigenvalue weighted by molar-refractivity contribution is -0.438. The van der Waals surface area contributed by atoms with Gasteiger partial charge in [-0.1, -0.05) is 68.3 Å². The van der Waals surface area contributed by atoms with Crippen molar-refractivity contribution in [2.75, 3.05) is 31.7 Å². The number of aliphatic carboxylic acids is 1. The van der Waals surface area contributed by atoms with Gasteiger partial charge in [-0.3, -0.25) is 4.79 Å². The van der Waals surface area contributed by atoms with E-state index >= 15 is 0 Å². The summed E-state index contributed by atoms with van der Waals surface area (Å²) in [6, 6.07) is 12.8. The molecule has 1 atom stereocenters. The monoisotopic (exact) mass is 674 g/mol. The average Bonchev–Trinajstić information content (AvgIpc) is 3.37. The fourth-order valence-corrected chi connectivity index (χ4v) is 7.01. The summed E-state index contributed by atoms with van der Waals surface area (Å²) in [7, 11) is 1.68. The Bertz CT molecular complexity index is 1650. The second kappa shape index (κ2) is 16.5. The van der Waals surface area contributed by atoms with Crippen LogP contribution < -0.4 is 9.64 Å². The highest BCUT2D eigenvalue weighted by Crippen LogP contribution is 2.48. The molecule has 0 saturated heterocycles. The maximum absolute atomic E-state index is 11.0. The number of carboxylic acid groups (broad SMARTS) is 1. The largest absolute Gasteiger partial charge is 0.750 e. The molecule has 1 N–H and O–H groups in total. The van der Waals surface area contributed by atoms with Crippen LogP contribution in [-0.2, 0) is 31.2 Å². The standard InChI is InChI=1S/C39H50N2O6S/c1-29-20-22-33-31(27-29)38(2,3)35(40(33)24-14-10-13-19-37(42)43)17-11-8-7-9-12-18-36-39(4,5)32-28-30(46-6)21-23-34(32)41(36)25-15-16-26-47-48(44)45/h7-9,11-12,17-18,20-23,27-28H,10,13-16,19,24-26H2,1-6H3,(H-,42,43,44,45). The molecule has 4 rings (SSSR count). The Kier molecular flexibility index (Phi) is 12.8. The predicted molar refractivity (Wildman–Crippen MR) is 193 cm³/mol. The van der Waals surface area contributed by atoms with Gasteiger partial charge in [0, 0.05) is 53.9 Å². The zero-order valence-electron chi connectivity index (χ0n) is 29.2. The van der Waals surface area contributed by atoms with Crippen LogP contribution in [0.1, 0.15) is 82.9 Å². The first-order valence-electron chi connectivity index (χ1n) is 16.8. The number of rotatable bonds is 17. The minimum Gasteiger partial charge on any atom is -0.750 e. The number of anilines is 1. The molecule has 258 valence electrons. The quantitative estimate of drug-likeness (QED) is 0.0786. The van der Waals surface area contributed by atoms with E-state index in [9.17, 15) is 13.6 Å². The maximum Gasteiger partial charge on any atom is 0.303 e. The number of nitrogens with zero attached hydrogens (tertiary/aromatic N) is 2. The van der Waals surface area contributed by atoms with Gasteiger partial charge >= 0.3 is 5.97 Å². The Hall–Kier alpha value is -3.79. The van der Waals surface area contributed by atoms with Crippen molar-refractivity contribution in [1.82, 2.24) is 0 Å². The van der Waals surface area contributed by atoms with Gasteiger partial charge in [0.2, 0.25) is 5.69 Å². The fraction of sp³-hybridized carbons (Fsp3) is 0.436. The molecule has 9 heteroatoms. The van der Waals surface area contributed by atoms with E-state index in [0.29, 0.717) is 12.8 Å². The van der Waals surface area contributed by atoms with Gasteiger partial charge < -0.3 is 23.5 Å². The number of fused-ring (bicyclic) bond motifs is 2. The number of methoxy groups -OCH3 is 1. The van der Waals surface area contributed by atoms with E-state index in [0.717, 1.165) is 49.5 Å². The third-order valence-corrected chi connectivity index (χ3v) is 9.69. The van der Waals surface area contributed by atoms with E-state index in [4.69, 9.17) is 14.0 Å². The van der Waals surface area contributed by atoms with Crippen molar-refractivity contribution in [2.24, 2.45) is 0 Å². The zero-order chi connectivity index (χ0) is 34.9. The molecule has 2 aliphatic rings. The summed E-state index contributed by atoms with van der Waals surface area (Å²) < 4.78 is 34.0. The average molecular weight is 675 g/mol. The van der Waals surface area contributed by atoms with Crippen molar-refractivity contribution in [2.45, 2.75) is 84.0 Å². The molecular formula is C39H50N2O6S. The third-order valence-electron chi connectivity index (χ3n) is 9.33. The zero-order valence-corrected chi connectivity index (χ0v) is 30.0. The van der Waals surface area contributed by atoms with Crippen LogP contribution in [-0.4, -0.2) is 56.9 Å². The van der Waals surface area contributed by atoms with Crippen molar-refractivity contribution in [3.63, 3.8) is 0 Å². The lowest BCUT2D eigenvalue weighted by Gasteiger charge is -2.27. The summed E-state index contributed by atoms with van der Waals surface area (Å²) in [6.45, 7) is 12.9. The number of hydrogen-bond donors (Lipinski definition) is 1. The second-order valence-electron chi connectivity index (χ2n) is 13.5. The summed E-state index contributed by atoms with van der Waals surface area (Å²) in [5.41, 5.74) is 8.11. The number of unbranched alkanes of at least 4 members (excludes halogenated alkanes) is 3. The Balaban J connectivity index is 1.50. The van der Waals surface area contributed by atoms with E-state index < -0.39 is 17.3 Å². The molecule has 8 nitrogen and oxygen atoms in total. The lowest BCUT2D eigenvalue weighted by atomic mass is 9.81. The molecule has 0 spiro atoms. The summed E-state index contributed by atoms with van der Waals surface area (Å²) in [4.78, 5) is 13.4. The molecule has 0 aliphatic carbocycles. The number of benzene rings is 2. The summed E-state index contributed by atoms with van der Waals surface area (Å²) in [5.74, 6) is 0.0813. The van der Waals surface area contributed by atoms with E-state index in [-0.39, 0.29) is 23.9 Å². The van der Waals surface area contributed by atoms with Crippen LogP contribution >= 0.6 is 0 Å². The Morgan fingerprint density at radius 3 is 2.42 bits per heavy atom.